The van der Waals surface area contributed by atoms with E-state index in [0.717, 1.165) is 57.8 Å². The van der Waals surface area contributed by atoms with E-state index < -0.39 is 23.6 Å². The van der Waals surface area contributed by atoms with Crippen LogP contribution in [0.15, 0.2) is 0 Å². The molecule has 0 aromatic heterocycles. The summed E-state index contributed by atoms with van der Waals surface area (Å²) >= 11 is 0. The largest absolute Gasteiger partial charge is 0.479 e. The highest BCUT2D eigenvalue weighted by atomic mass is 16.6. The van der Waals surface area contributed by atoms with Crippen LogP contribution in [-0.4, -0.2) is 45.6 Å². The molecule has 2 unspecified atom stereocenters. The molecule has 0 aromatic rings. The van der Waals surface area contributed by atoms with Crippen molar-refractivity contribution in [2.45, 2.75) is 109 Å². The first-order valence-corrected chi connectivity index (χ1v) is 10.2. The fraction of sp³-hybridized carbons (Fsp3) is 0.900. The third-order valence-electron chi connectivity index (χ3n) is 4.68. The van der Waals surface area contributed by atoms with Gasteiger partial charge in [-0.25, -0.2) is 9.59 Å². The molecule has 0 amide bonds. The quantitative estimate of drug-likeness (QED) is 0.264. The number of aliphatic hydroxyl groups excluding tert-OH is 1. The summed E-state index contributed by atoms with van der Waals surface area (Å²) in [6.07, 6.45) is 9.38. The molecule has 0 saturated heterocycles. The van der Waals surface area contributed by atoms with Crippen molar-refractivity contribution >= 4 is 11.9 Å². The summed E-state index contributed by atoms with van der Waals surface area (Å²) in [5, 5.41) is 29.3. The topological polar surface area (TPSA) is 104 Å². The van der Waals surface area contributed by atoms with Crippen LogP contribution < -0.4 is 0 Å². The molecule has 0 aromatic carbocycles. The van der Waals surface area contributed by atoms with Crippen molar-refractivity contribution in [3.05, 3.63) is 0 Å². The minimum absolute atomic E-state index is 0.109. The summed E-state index contributed by atoms with van der Waals surface area (Å²) in [6, 6.07) is 0. The molecule has 26 heavy (non-hydrogen) atoms. The number of unbranched alkanes of at least 4 members (excludes halogenated alkanes) is 10. The number of aliphatic hydroxyl groups is 2. The van der Waals surface area contributed by atoms with Crippen molar-refractivity contribution in [2.75, 3.05) is 6.61 Å². The summed E-state index contributed by atoms with van der Waals surface area (Å²) in [7, 11) is 0. The van der Waals surface area contributed by atoms with Crippen LogP contribution in [0.5, 0.6) is 0 Å². The number of rotatable bonds is 17. The van der Waals surface area contributed by atoms with Crippen molar-refractivity contribution in [3.8, 4) is 0 Å². The molecule has 0 fully saturated rings. The highest BCUT2D eigenvalue weighted by Crippen LogP contribution is 2.23. The maximum absolute atomic E-state index is 12.2. The Morgan fingerprint density at radius 2 is 1.31 bits per heavy atom. The first-order chi connectivity index (χ1) is 12.4. The molecule has 6 heteroatoms. The zero-order valence-electron chi connectivity index (χ0n) is 16.5. The van der Waals surface area contributed by atoms with Gasteiger partial charge in [-0.15, -0.1) is 0 Å². The van der Waals surface area contributed by atoms with E-state index in [2.05, 4.69) is 13.8 Å². The van der Waals surface area contributed by atoms with Crippen LogP contribution in [0, 0.1) is 0 Å². The second-order valence-electron chi connectivity index (χ2n) is 7.09. The van der Waals surface area contributed by atoms with Gasteiger partial charge in [0.15, 0.2) is 11.7 Å². The molecular weight excluding hydrogens is 336 g/mol. The summed E-state index contributed by atoms with van der Waals surface area (Å²) in [6.45, 7) is 4.39. The minimum atomic E-state index is -2.38. The van der Waals surface area contributed by atoms with Crippen LogP contribution in [-0.2, 0) is 14.3 Å². The second kappa shape index (κ2) is 15.0. The number of carboxylic acids is 1. The SMILES string of the molecule is CCCCCCCCOC(=O)C(O)(CCCCCCCC)C(O)C(=O)O. The molecule has 0 rings (SSSR count). The van der Waals surface area contributed by atoms with Crippen molar-refractivity contribution in [1.82, 2.24) is 0 Å². The number of carboxylic acid groups (broad SMARTS) is 1. The van der Waals surface area contributed by atoms with E-state index in [1.54, 1.807) is 0 Å². The molecule has 154 valence electrons. The molecule has 2 atom stereocenters. The number of carbonyl (C=O) groups excluding carboxylic acids is 1. The first kappa shape index (κ1) is 24.9. The maximum atomic E-state index is 12.2. The number of ether oxygens (including phenoxy) is 1. The Labute approximate surface area is 157 Å². The summed E-state index contributed by atoms with van der Waals surface area (Å²) in [5.41, 5.74) is -2.38. The van der Waals surface area contributed by atoms with Gasteiger partial charge < -0.3 is 20.1 Å². The predicted molar refractivity (Wildman–Crippen MR) is 101 cm³/mol. The number of hydrogen-bond acceptors (Lipinski definition) is 5. The van der Waals surface area contributed by atoms with E-state index in [4.69, 9.17) is 9.84 Å². The molecule has 0 bridgehead atoms. The Morgan fingerprint density at radius 3 is 1.81 bits per heavy atom. The van der Waals surface area contributed by atoms with Gasteiger partial charge in [0.25, 0.3) is 0 Å². The van der Waals surface area contributed by atoms with Gasteiger partial charge in [0.05, 0.1) is 6.61 Å². The van der Waals surface area contributed by atoms with Crippen molar-refractivity contribution in [3.63, 3.8) is 0 Å². The Balaban J connectivity index is 4.37. The van der Waals surface area contributed by atoms with Gasteiger partial charge in [0, 0.05) is 0 Å². The lowest BCUT2D eigenvalue weighted by atomic mass is 9.89. The summed E-state index contributed by atoms with van der Waals surface area (Å²) < 4.78 is 5.07. The van der Waals surface area contributed by atoms with E-state index in [9.17, 15) is 19.8 Å². The van der Waals surface area contributed by atoms with Gasteiger partial charge in [-0.2, -0.15) is 0 Å². The lowest BCUT2D eigenvalue weighted by Crippen LogP contribution is -2.54. The standard InChI is InChI=1S/C20H38O6/c1-3-5-7-9-11-13-15-20(25,17(21)18(22)23)19(24)26-16-14-12-10-8-6-4-2/h17,21,25H,3-16H2,1-2H3,(H,22,23). The van der Waals surface area contributed by atoms with E-state index >= 15 is 0 Å². The van der Waals surface area contributed by atoms with E-state index in [1.165, 1.54) is 6.42 Å². The normalized spacial score (nSPS) is 14.6. The lowest BCUT2D eigenvalue weighted by Gasteiger charge is -2.28. The fourth-order valence-electron chi connectivity index (χ4n) is 2.90. The van der Waals surface area contributed by atoms with E-state index in [0.29, 0.717) is 12.8 Å². The van der Waals surface area contributed by atoms with Crippen LogP contribution in [0.4, 0.5) is 0 Å². The third kappa shape index (κ3) is 10.1. The number of carbonyl (C=O) groups is 2. The van der Waals surface area contributed by atoms with Crippen LogP contribution >= 0.6 is 0 Å². The fourth-order valence-corrected chi connectivity index (χ4v) is 2.90. The number of hydrogen-bond donors (Lipinski definition) is 3. The number of aliphatic carboxylic acids is 1. The molecule has 0 saturated carbocycles. The zero-order chi connectivity index (χ0) is 19.8. The maximum Gasteiger partial charge on any atom is 0.341 e. The highest BCUT2D eigenvalue weighted by molar-refractivity contribution is 5.88. The molecule has 0 aliphatic heterocycles. The summed E-state index contributed by atoms with van der Waals surface area (Å²) in [5.74, 6) is -2.65. The minimum Gasteiger partial charge on any atom is -0.479 e. The van der Waals surface area contributed by atoms with Crippen LogP contribution in [0.25, 0.3) is 0 Å². The zero-order valence-corrected chi connectivity index (χ0v) is 16.5. The van der Waals surface area contributed by atoms with Gasteiger partial charge in [-0.05, 0) is 19.3 Å². The van der Waals surface area contributed by atoms with Crippen molar-refractivity contribution in [2.24, 2.45) is 0 Å². The lowest BCUT2D eigenvalue weighted by molar-refractivity contribution is -0.189. The van der Waals surface area contributed by atoms with Gasteiger partial charge in [-0.3, -0.25) is 0 Å². The first-order valence-electron chi connectivity index (χ1n) is 10.2. The van der Waals surface area contributed by atoms with Crippen molar-refractivity contribution in [1.29, 1.82) is 0 Å². The van der Waals surface area contributed by atoms with E-state index in [-0.39, 0.29) is 13.0 Å². The highest BCUT2D eigenvalue weighted by Gasteiger charge is 2.48. The molecule has 0 heterocycles. The van der Waals surface area contributed by atoms with Crippen LogP contribution in [0.1, 0.15) is 97.3 Å². The number of esters is 1. The predicted octanol–water partition coefficient (Wildman–Crippen LogP) is 3.82. The van der Waals surface area contributed by atoms with Crippen LogP contribution in [0.3, 0.4) is 0 Å². The molecule has 0 radical (unpaired) electrons. The smallest absolute Gasteiger partial charge is 0.341 e. The van der Waals surface area contributed by atoms with Gasteiger partial charge in [0.1, 0.15) is 0 Å². The average molecular weight is 375 g/mol. The Morgan fingerprint density at radius 1 is 0.846 bits per heavy atom. The van der Waals surface area contributed by atoms with Gasteiger partial charge in [0.2, 0.25) is 0 Å². The summed E-state index contributed by atoms with van der Waals surface area (Å²) in [4.78, 5) is 23.3. The molecule has 6 nitrogen and oxygen atoms in total. The average Bonchev–Trinajstić information content (AvgIpc) is 2.62. The third-order valence-corrected chi connectivity index (χ3v) is 4.68. The van der Waals surface area contributed by atoms with Crippen molar-refractivity contribution < 1.29 is 29.6 Å². The molecule has 0 aliphatic rings. The van der Waals surface area contributed by atoms with Gasteiger partial charge in [-0.1, -0.05) is 78.1 Å². The Kier molecular flexibility index (Phi) is 14.3. The Hall–Kier alpha value is -1.14. The second-order valence-corrected chi connectivity index (χ2v) is 7.09. The van der Waals surface area contributed by atoms with E-state index in [1.807, 2.05) is 0 Å². The Bertz CT molecular complexity index is 384. The molecule has 0 spiro atoms. The molecular formula is C20H38O6. The molecule has 0 aliphatic carbocycles. The molecule has 3 N–H and O–H groups in total. The monoisotopic (exact) mass is 374 g/mol. The van der Waals surface area contributed by atoms with Crippen LogP contribution in [0.2, 0.25) is 0 Å². The van der Waals surface area contributed by atoms with Gasteiger partial charge >= 0.3 is 11.9 Å².